The van der Waals surface area contributed by atoms with Gasteiger partial charge < -0.3 is 25.2 Å². The van der Waals surface area contributed by atoms with Crippen LogP contribution in [0.5, 0.6) is 0 Å². The fourth-order valence-corrected chi connectivity index (χ4v) is 2.33. The van der Waals surface area contributed by atoms with Crippen LogP contribution in [0.15, 0.2) is 54.2 Å². The van der Waals surface area contributed by atoms with E-state index in [-0.39, 0.29) is 22.6 Å². The molecule has 0 bridgehead atoms. The van der Waals surface area contributed by atoms with Crippen LogP contribution >= 0.6 is 0 Å². The van der Waals surface area contributed by atoms with E-state index >= 15 is 0 Å². The Morgan fingerprint density at radius 1 is 1.00 bits per heavy atom. The molecule has 0 unspecified atom stereocenters. The molecule has 0 fully saturated rings. The summed E-state index contributed by atoms with van der Waals surface area (Å²) < 4.78 is 9.20. The molecule has 28 heavy (non-hydrogen) atoms. The fraction of sp³-hybridized carbons (Fsp3) is 0.150. The van der Waals surface area contributed by atoms with Crippen LogP contribution in [0.2, 0.25) is 0 Å². The van der Waals surface area contributed by atoms with Crippen LogP contribution < -0.4 is 10.6 Å². The molecule has 0 heterocycles. The van der Waals surface area contributed by atoms with E-state index in [2.05, 4.69) is 20.1 Å². The number of methoxy groups -OCH3 is 2. The highest BCUT2D eigenvalue weighted by atomic mass is 16.5. The number of esters is 2. The Kier molecular flexibility index (Phi) is 6.75. The zero-order valence-electron chi connectivity index (χ0n) is 15.6. The van der Waals surface area contributed by atoms with Crippen molar-refractivity contribution in [3.63, 3.8) is 0 Å². The largest absolute Gasteiger partial charge is 0.478 e. The van der Waals surface area contributed by atoms with Gasteiger partial charge in [-0.15, -0.1) is 0 Å². The van der Waals surface area contributed by atoms with Gasteiger partial charge in [-0.05, 0) is 31.2 Å². The van der Waals surface area contributed by atoms with Crippen LogP contribution in [0.25, 0.3) is 0 Å². The molecular formula is C20H20N2O6. The number of ether oxygens (including phenoxy) is 2. The molecule has 0 spiro atoms. The van der Waals surface area contributed by atoms with Gasteiger partial charge in [0.1, 0.15) is 5.70 Å². The van der Waals surface area contributed by atoms with Crippen LogP contribution in [0.3, 0.4) is 0 Å². The number of nitrogens with one attached hydrogen (secondary N) is 2. The highest BCUT2D eigenvalue weighted by molar-refractivity contribution is 6.03. The summed E-state index contributed by atoms with van der Waals surface area (Å²) in [5, 5.41) is 15.3. The zero-order chi connectivity index (χ0) is 20.7. The van der Waals surface area contributed by atoms with Gasteiger partial charge in [0.25, 0.3) is 0 Å². The van der Waals surface area contributed by atoms with Gasteiger partial charge >= 0.3 is 17.9 Å². The van der Waals surface area contributed by atoms with Gasteiger partial charge in [-0.25, -0.2) is 14.4 Å². The molecule has 0 aliphatic heterocycles. The summed E-state index contributed by atoms with van der Waals surface area (Å²) in [6.45, 7) is 1.93. The van der Waals surface area contributed by atoms with Gasteiger partial charge in [0.05, 0.1) is 37.2 Å². The number of para-hydroxylation sites is 1. The van der Waals surface area contributed by atoms with Crippen LogP contribution in [0, 0.1) is 6.92 Å². The van der Waals surface area contributed by atoms with E-state index in [1.54, 1.807) is 18.2 Å². The third-order valence-corrected chi connectivity index (χ3v) is 3.75. The van der Waals surface area contributed by atoms with Crippen LogP contribution in [0.1, 0.15) is 15.9 Å². The quantitative estimate of drug-likeness (QED) is 0.493. The summed E-state index contributed by atoms with van der Waals surface area (Å²) in [7, 11) is 2.33. The lowest BCUT2D eigenvalue weighted by Gasteiger charge is -2.17. The summed E-state index contributed by atoms with van der Waals surface area (Å²) in [6, 6.07) is 11.8. The Morgan fingerprint density at radius 2 is 1.68 bits per heavy atom. The third kappa shape index (κ3) is 5.10. The van der Waals surface area contributed by atoms with Gasteiger partial charge in [0.2, 0.25) is 0 Å². The Morgan fingerprint density at radius 3 is 2.25 bits per heavy atom. The molecule has 0 aliphatic carbocycles. The molecule has 8 heteroatoms. The number of anilines is 3. The van der Waals surface area contributed by atoms with E-state index in [0.29, 0.717) is 5.69 Å². The van der Waals surface area contributed by atoms with Gasteiger partial charge in [0, 0.05) is 5.69 Å². The van der Waals surface area contributed by atoms with E-state index < -0.39 is 17.9 Å². The zero-order valence-corrected chi connectivity index (χ0v) is 15.6. The van der Waals surface area contributed by atoms with Crippen molar-refractivity contribution < 1.29 is 29.0 Å². The van der Waals surface area contributed by atoms with Crippen molar-refractivity contribution in [2.24, 2.45) is 0 Å². The van der Waals surface area contributed by atoms with Crippen molar-refractivity contribution in [2.45, 2.75) is 6.92 Å². The van der Waals surface area contributed by atoms with E-state index in [4.69, 9.17) is 0 Å². The second kappa shape index (κ2) is 9.22. The lowest BCUT2D eigenvalue weighted by atomic mass is 10.1. The Balaban J connectivity index is 2.50. The van der Waals surface area contributed by atoms with Crippen molar-refractivity contribution >= 4 is 35.0 Å². The maximum Gasteiger partial charge on any atom is 0.354 e. The van der Waals surface area contributed by atoms with E-state index in [9.17, 15) is 19.5 Å². The van der Waals surface area contributed by atoms with Crippen molar-refractivity contribution in [1.29, 1.82) is 0 Å². The van der Waals surface area contributed by atoms with Gasteiger partial charge in [0.15, 0.2) is 0 Å². The van der Waals surface area contributed by atoms with E-state index in [1.165, 1.54) is 19.2 Å². The molecule has 2 rings (SSSR count). The first-order valence-corrected chi connectivity index (χ1v) is 8.20. The normalized spacial score (nSPS) is 10.8. The Labute approximate surface area is 161 Å². The first-order valence-electron chi connectivity index (χ1n) is 8.20. The number of benzene rings is 2. The lowest BCUT2D eigenvalue weighted by molar-refractivity contribution is -0.138. The third-order valence-electron chi connectivity index (χ3n) is 3.75. The summed E-state index contributed by atoms with van der Waals surface area (Å²) >= 11 is 0. The predicted octanol–water partition coefficient (Wildman–Crippen LogP) is 3.08. The minimum Gasteiger partial charge on any atom is -0.478 e. The highest BCUT2D eigenvalue weighted by Gasteiger charge is 2.19. The summed E-state index contributed by atoms with van der Waals surface area (Å²) in [5.41, 5.74) is 1.96. The number of carboxylic acids is 1. The number of aryl methyl sites for hydroxylation is 1. The molecule has 3 N–H and O–H groups in total. The first kappa shape index (κ1) is 20.5. The van der Waals surface area contributed by atoms with Crippen molar-refractivity contribution in [2.75, 3.05) is 24.9 Å². The average molecular weight is 384 g/mol. The SMILES string of the molecule is COC(=O)/C=C(/Nc1cccc(C(=O)O)c1Nc1ccc(C)cc1)C(=O)OC. The van der Waals surface area contributed by atoms with Crippen LogP contribution in [0.4, 0.5) is 17.1 Å². The van der Waals surface area contributed by atoms with Gasteiger partial charge in [-0.2, -0.15) is 0 Å². The topological polar surface area (TPSA) is 114 Å². The number of carboxylic acid groups (broad SMARTS) is 1. The predicted molar refractivity (Wildman–Crippen MR) is 104 cm³/mol. The first-order chi connectivity index (χ1) is 13.3. The molecule has 0 atom stereocenters. The fourth-order valence-electron chi connectivity index (χ4n) is 2.33. The highest BCUT2D eigenvalue weighted by Crippen LogP contribution is 2.31. The molecule has 0 saturated carbocycles. The van der Waals surface area contributed by atoms with Gasteiger partial charge in [-0.3, -0.25) is 0 Å². The van der Waals surface area contributed by atoms with Crippen molar-refractivity contribution in [3.05, 3.63) is 65.4 Å². The van der Waals surface area contributed by atoms with E-state index in [0.717, 1.165) is 18.7 Å². The summed E-state index contributed by atoms with van der Waals surface area (Å²) in [6.07, 6.45) is 0.926. The number of aromatic carboxylic acids is 1. The molecular weight excluding hydrogens is 364 g/mol. The Hall–Kier alpha value is -3.81. The molecule has 2 aromatic carbocycles. The smallest absolute Gasteiger partial charge is 0.354 e. The summed E-state index contributed by atoms with van der Waals surface area (Å²) in [5.74, 6) is -2.74. The second-order valence-electron chi connectivity index (χ2n) is 5.72. The summed E-state index contributed by atoms with van der Waals surface area (Å²) in [4.78, 5) is 35.2. The molecule has 0 amide bonds. The molecule has 0 aromatic heterocycles. The lowest BCUT2D eigenvalue weighted by Crippen LogP contribution is -2.17. The minimum atomic E-state index is -1.16. The monoisotopic (exact) mass is 384 g/mol. The minimum absolute atomic E-state index is 0.0205. The number of hydrogen-bond acceptors (Lipinski definition) is 7. The van der Waals surface area contributed by atoms with Crippen LogP contribution in [-0.2, 0) is 19.1 Å². The maximum absolute atomic E-state index is 12.0. The average Bonchev–Trinajstić information content (AvgIpc) is 2.69. The molecule has 146 valence electrons. The molecule has 0 aliphatic rings. The maximum atomic E-state index is 12.0. The molecule has 8 nitrogen and oxygen atoms in total. The van der Waals surface area contributed by atoms with Crippen LogP contribution in [-0.4, -0.2) is 37.2 Å². The molecule has 0 radical (unpaired) electrons. The number of carbonyl (C=O) groups excluding carboxylic acids is 2. The van der Waals surface area contributed by atoms with E-state index in [1.807, 2.05) is 19.1 Å². The number of carbonyl (C=O) groups is 3. The van der Waals surface area contributed by atoms with Gasteiger partial charge in [-0.1, -0.05) is 23.8 Å². The number of rotatable bonds is 7. The molecule has 0 saturated heterocycles. The second-order valence-corrected chi connectivity index (χ2v) is 5.72. The molecule has 2 aromatic rings. The number of hydrogen-bond donors (Lipinski definition) is 3. The Bertz CT molecular complexity index is 919. The standard InChI is InChI=1S/C20H20N2O6/c1-12-7-9-13(10-8-12)21-18-14(19(24)25)5-4-6-15(18)22-16(20(26)28-3)11-17(23)27-2/h4-11,21-22H,1-3H3,(H,24,25)/b16-11+. The van der Waals surface area contributed by atoms with Crippen molar-refractivity contribution in [3.8, 4) is 0 Å². The van der Waals surface area contributed by atoms with Crippen molar-refractivity contribution in [1.82, 2.24) is 0 Å².